The summed E-state index contributed by atoms with van der Waals surface area (Å²) in [6.45, 7) is -5.62. The van der Waals surface area contributed by atoms with E-state index in [4.69, 9.17) is 50.8 Å². The zero-order chi connectivity index (χ0) is 31.8. The van der Waals surface area contributed by atoms with Crippen molar-refractivity contribution in [3.05, 3.63) is 29.3 Å². The molecule has 3 aliphatic heterocycles. The molecular weight excluding hydrogens is 688 g/mol. The van der Waals surface area contributed by atoms with Gasteiger partial charge in [0.2, 0.25) is 0 Å². The number of hydrogen-bond acceptors (Lipinski definition) is 17. The first-order chi connectivity index (χ1) is 21.3. The van der Waals surface area contributed by atoms with Gasteiger partial charge in [0.15, 0.2) is 0 Å². The molecule has 0 saturated carbocycles. The molecule has 7 rings (SSSR count). The fourth-order valence-corrected chi connectivity index (χ4v) is 8.37. The summed E-state index contributed by atoms with van der Waals surface area (Å²) >= 11 is 9.26. The predicted molar refractivity (Wildman–Crippen MR) is 158 cm³/mol. The standard InChI is InChI=1S/C20H24F2N10O9P2S2/c21-8-6-1-36-42(34,44)40-12-7(39-18(9(12)22)31-4-27-10-14(23)25-3-26-15(10)31)2-37-43(35,45)41-13(8)19(38-6)32-5-28-11-16(32)29-20(24)30-17(11)33/h3-9,12-13,18-19,35,43,45H,1-2H2,(H,34,44)(H2,23,25,26)(H3,24,29,30,33)/t6-,7-,8+,9+,12+,13?,18-,19-,42-/m1/s1. The average Bonchev–Trinajstić information content (AvgIpc) is 3.72. The van der Waals surface area contributed by atoms with Crippen molar-refractivity contribution in [2.45, 2.75) is 49.2 Å². The van der Waals surface area contributed by atoms with Gasteiger partial charge in [0.1, 0.15) is 0 Å². The molecule has 9 atom stereocenters. The van der Waals surface area contributed by atoms with Crippen molar-refractivity contribution in [3.63, 3.8) is 0 Å². The molecule has 0 amide bonds. The van der Waals surface area contributed by atoms with Gasteiger partial charge in [-0.05, 0) is 0 Å². The van der Waals surface area contributed by atoms with Crippen LogP contribution in [0.15, 0.2) is 23.8 Å². The van der Waals surface area contributed by atoms with Gasteiger partial charge in [-0.1, -0.05) is 0 Å². The minimum atomic E-state index is -4.59. The molecule has 0 radical (unpaired) electrons. The Labute approximate surface area is 260 Å². The summed E-state index contributed by atoms with van der Waals surface area (Å²) in [5.74, 6) is -0.201. The van der Waals surface area contributed by atoms with E-state index in [1.54, 1.807) is 0 Å². The van der Waals surface area contributed by atoms with E-state index in [9.17, 15) is 14.6 Å². The predicted octanol–water partition coefficient (Wildman–Crippen LogP) is -0.0391. The number of nitrogens with one attached hydrogen (secondary N) is 1. The molecule has 19 nitrogen and oxygen atoms in total. The van der Waals surface area contributed by atoms with Gasteiger partial charge in [-0.15, -0.1) is 0 Å². The van der Waals surface area contributed by atoms with Crippen molar-refractivity contribution in [2.24, 2.45) is 0 Å². The van der Waals surface area contributed by atoms with E-state index in [0.29, 0.717) is 0 Å². The third-order valence-electron chi connectivity index (χ3n) is 7.30. The van der Waals surface area contributed by atoms with Crippen LogP contribution in [-0.2, 0) is 39.4 Å². The van der Waals surface area contributed by atoms with Gasteiger partial charge >= 0.3 is 260 Å². The van der Waals surface area contributed by atoms with E-state index in [0.717, 1.165) is 12.7 Å². The van der Waals surface area contributed by atoms with E-state index >= 15 is 8.78 Å². The van der Waals surface area contributed by atoms with Crippen LogP contribution < -0.4 is 17.0 Å². The summed E-state index contributed by atoms with van der Waals surface area (Å²) in [4.78, 5) is 56.7. The van der Waals surface area contributed by atoms with Gasteiger partial charge in [-0.25, -0.2) is 0 Å². The number of rotatable bonds is 2. The van der Waals surface area contributed by atoms with Crippen LogP contribution in [0.2, 0.25) is 0 Å². The Balaban J connectivity index is 1.20. The third-order valence-corrected chi connectivity index (χ3v) is 10.7. The van der Waals surface area contributed by atoms with Crippen LogP contribution in [0.4, 0.5) is 20.5 Å². The molecule has 3 saturated heterocycles. The van der Waals surface area contributed by atoms with Crippen LogP contribution in [0.5, 0.6) is 0 Å². The molecule has 2 bridgehead atoms. The van der Waals surface area contributed by atoms with E-state index in [1.165, 1.54) is 15.5 Å². The first-order valence-corrected chi connectivity index (χ1v) is 18.6. The van der Waals surface area contributed by atoms with Crippen LogP contribution in [0, 0.1) is 0 Å². The Morgan fingerprint density at radius 3 is 2.51 bits per heavy atom. The second kappa shape index (κ2) is 11.3. The molecule has 0 aliphatic carbocycles. The Kier molecular flexibility index (Phi) is 7.82. The number of halogens is 2. The second-order valence-electron chi connectivity index (χ2n) is 10.2. The van der Waals surface area contributed by atoms with E-state index in [1.807, 2.05) is 0 Å². The summed E-state index contributed by atoms with van der Waals surface area (Å²) in [6.07, 6.45) is -9.45. The molecule has 7 N–H and O–H groups in total. The van der Waals surface area contributed by atoms with Crippen LogP contribution >= 0.6 is 26.1 Å². The van der Waals surface area contributed by atoms with Gasteiger partial charge in [-0.3, -0.25) is 0 Å². The summed E-state index contributed by atoms with van der Waals surface area (Å²) in [6, 6.07) is 0. The number of nitrogen functional groups attached to an aromatic ring is 2. The molecule has 4 aromatic rings. The Morgan fingerprint density at radius 2 is 1.73 bits per heavy atom. The van der Waals surface area contributed by atoms with Gasteiger partial charge in [0.25, 0.3) is 0 Å². The summed E-state index contributed by atoms with van der Waals surface area (Å²) in [7, 11) is -4.59. The van der Waals surface area contributed by atoms with Crippen LogP contribution in [0.25, 0.3) is 22.3 Å². The number of H-pyrrole nitrogens is 1. The van der Waals surface area contributed by atoms with Gasteiger partial charge < -0.3 is 0 Å². The zero-order valence-corrected chi connectivity index (χ0v) is 26.0. The van der Waals surface area contributed by atoms with Crippen molar-refractivity contribution >= 4 is 72.0 Å². The van der Waals surface area contributed by atoms with Gasteiger partial charge in [0.05, 0.1) is 0 Å². The molecule has 1 unspecified atom stereocenters. The molecule has 7 heterocycles. The van der Waals surface area contributed by atoms with Crippen LogP contribution in [0.1, 0.15) is 12.5 Å². The minimum absolute atomic E-state index is 0.0490. The first-order valence-electron chi connectivity index (χ1n) is 13.0. The summed E-state index contributed by atoms with van der Waals surface area (Å²) in [5, 5.41) is 0. The van der Waals surface area contributed by atoms with Crippen LogP contribution in [0.3, 0.4) is 0 Å². The Hall–Kier alpha value is -2.53. The molecule has 0 aromatic carbocycles. The van der Waals surface area contributed by atoms with Gasteiger partial charge in [-0.2, -0.15) is 0 Å². The molecule has 3 fully saturated rings. The number of imidazole rings is 2. The summed E-state index contributed by atoms with van der Waals surface area (Å²) in [5.41, 5.74) is 11.0. The number of ether oxygens (including phenoxy) is 2. The van der Waals surface area contributed by atoms with Crippen LogP contribution in [-0.4, -0.2) is 98.8 Å². The SMILES string of the molecule is Nc1nc2c(ncn2[C@@H]2O[C@@H]3CO[P@@](O)(=S)O[C@@H]4[C@H](F)[C@H](n5cnc6c(N)ncnc65)O[C@@H]4CO[PH](O)(S)OC2[C@H]3F)c(=O)[nH]1. The van der Waals surface area contributed by atoms with Gasteiger partial charge in [0, 0.05) is 0 Å². The molecule has 0 spiro atoms. The average molecular weight is 713 g/mol. The second-order valence-corrected chi connectivity index (χ2v) is 16.3. The van der Waals surface area contributed by atoms with Crippen molar-refractivity contribution < 1.29 is 46.1 Å². The number of fused-ring (bicyclic) bond motifs is 5. The number of hydrogen-bond donors (Lipinski definition) is 6. The topological polar surface area (TPSA) is 255 Å². The van der Waals surface area contributed by atoms with E-state index in [-0.39, 0.29) is 34.1 Å². The normalized spacial score (nSPS) is 36.3. The fourth-order valence-electron chi connectivity index (χ4n) is 5.30. The molecule has 25 heteroatoms. The number of thiol groups is 1. The van der Waals surface area contributed by atoms with Crippen molar-refractivity contribution in [3.8, 4) is 0 Å². The zero-order valence-electron chi connectivity index (χ0n) is 22.4. The number of nitrogens with two attached hydrogens (primary N) is 2. The maximum absolute atomic E-state index is 16.0. The molecule has 244 valence electrons. The Bertz CT molecular complexity index is 1890. The number of alkyl halides is 2. The number of nitrogens with zero attached hydrogens (tertiary/aromatic N) is 7. The number of aromatic amines is 1. The first kappa shape index (κ1) is 31.1. The summed E-state index contributed by atoms with van der Waals surface area (Å²) < 4.78 is 68.2. The van der Waals surface area contributed by atoms with E-state index < -0.39 is 81.9 Å². The van der Waals surface area contributed by atoms with Crippen molar-refractivity contribution in [2.75, 3.05) is 24.7 Å². The third kappa shape index (κ3) is 5.59. The van der Waals surface area contributed by atoms with Crippen molar-refractivity contribution in [1.29, 1.82) is 0 Å². The molecule has 45 heavy (non-hydrogen) atoms. The number of aromatic nitrogens is 8. The quantitative estimate of drug-likeness (QED) is 0.118. The molecular formula is C20H24F2N10O9P2S2. The molecule has 3 aliphatic rings. The fraction of sp³-hybridized carbons (Fsp3) is 0.500. The van der Waals surface area contributed by atoms with Crippen molar-refractivity contribution in [1.82, 2.24) is 39.0 Å². The molecule has 4 aromatic heterocycles. The number of anilines is 2. The Morgan fingerprint density at radius 1 is 1.02 bits per heavy atom. The maximum atomic E-state index is 16.0. The van der Waals surface area contributed by atoms with E-state index in [2.05, 4.69) is 42.2 Å². The monoisotopic (exact) mass is 712 g/mol.